The summed E-state index contributed by atoms with van der Waals surface area (Å²) in [5.74, 6) is -0.603. The number of hydrogen-bond acceptors (Lipinski definition) is 3. The Morgan fingerprint density at radius 2 is 1.59 bits per heavy atom. The van der Waals surface area contributed by atoms with E-state index in [-0.39, 0.29) is 51.0 Å². The van der Waals surface area contributed by atoms with Gasteiger partial charge in [0.1, 0.15) is 0 Å². The second-order valence-corrected chi connectivity index (χ2v) is 14.4. The number of ketones is 2. The molecule has 0 heterocycles. The van der Waals surface area contributed by atoms with E-state index in [4.69, 9.17) is 0 Å². The Hall–Kier alpha value is -1.71. The van der Waals surface area contributed by atoms with Crippen LogP contribution in [-0.2, 0) is 14.4 Å². The standard InChI is InChI=1S/C30H42O4/c1-25(2)12-14-30(24(33)34)15-13-29(7)23(18(30)17-25)19(31)16-21-27(5)10-9-22(32)26(3,4)20(27)8-11-28(21,29)6/h9-10,16,18,20,23H,8,11-15,17H2,1-7H3,(H,33,34)/t18-,20-,23-,27-,28+,29+,30-/m0/s1. The third kappa shape index (κ3) is 2.69. The highest BCUT2D eigenvalue weighted by atomic mass is 16.4. The minimum Gasteiger partial charge on any atom is -0.481 e. The van der Waals surface area contributed by atoms with Crippen molar-refractivity contribution in [3.05, 3.63) is 23.8 Å². The van der Waals surface area contributed by atoms with Crippen molar-refractivity contribution in [1.29, 1.82) is 0 Å². The number of aliphatic carboxylic acids is 1. The van der Waals surface area contributed by atoms with Crippen molar-refractivity contribution in [1.82, 2.24) is 0 Å². The van der Waals surface area contributed by atoms with Gasteiger partial charge in [-0.05, 0) is 85.2 Å². The molecular weight excluding hydrogens is 424 g/mol. The van der Waals surface area contributed by atoms with Gasteiger partial charge in [0.2, 0.25) is 0 Å². The number of hydrogen-bond donors (Lipinski definition) is 1. The van der Waals surface area contributed by atoms with Crippen LogP contribution < -0.4 is 0 Å². The molecule has 0 radical (unpaired) electrons. The zero-order chi connectivity index (χ0) is 25.1. The molecule has 4 nitrogen and oxygen atoms in total. The van der Waals surface area contributed by atoms with Crippen LogP contribution in [0.2, 0.25) is 0 Å². The van der Waals surface area contributed by atoms with E-state index in [1.54, 1.807) is 6.08 Å². The van der Waals surface area contributed by atoms with Crippen LogP contribution >= 0.6 is 0 Å². The van der Waals surface area contributed by atoms with Crippen LogP contribution in [0.3, 0.4) is 0 Å². The molecule has 5 aliphatic carbocycles. The molecule has 0 unspecified atom stereocenters. The SMILES string of the molecule is CC1(C)CC[C@]2(C(=O)O)CC[C@]3(C)[C@H](C(=O)C=C4[C@@]5(C)C=CC(=O)C(C)(C)[C@@H]5CC[C@]43C)[C@@H]2C1. The Balaban J connectivity index is 1.68. The fourth-order valence-corrected chi connectivity index (χ4v) is 9.71. The van der Waals surface area contributed by atoms with Gasteiger partial charge in [-0.25, -0.2) is 0 Å². The van der Waals surface area contributed by atoms with E-state index >= 15 is 0 Å². The van der Waals surface area contributed by atoms with Gasteiger partial charge in [0.25, 0.3) is 0 Å². The third-order valence-electron chi connectivity index (χ3n) is 12.1. The lowest BCUT2D eigenvalue weighted by atomic mass is 9.34. The summed E-state index contributed by atoms with van der Waals surface area (Å²) in [4.78, 5) is 39.7. The van der Waals surface area contributed by atoms with Gasteiger partial charge in [-0.3, -0.25) is 14.4 Å². The van der Waals surface area contributed by atoms with Gasteiger partial charge in [0.15, 0.2) is 11.6 Å². The lowest BCUT2D eigenvalue weighted by Gasteiger charge is -2.68. The predicted octanol–water partition coefficient (Wildman–Crippen LogP) is 6.40. The van der Waals surface area contributed by atoms with Crippen LogP contribution in [0.4, 0.5) is 0 Å². The minimum atomic E-state index is -0.780. The highest BCUT2D eigenvalue weighted by Crippen LogP contribution is 2.74. The van der Waals surface area contributed by atoms with Crippen LogP contribution in [0.15, 0.2) is 23.8 Å². The highest BCUT2D eigenvalue weighted by Gasteiger charge is 2.70. The Kier molecular flexibility index (Phi) is 4.75. The molecule has 0 amide bonds. The van der Waals surface area contributed by atoms with E-state index in [2.05, 4.69) is 54.5 Å². The molecule has 7 atom stereocenters. The van der Waals surface area contributed by atoms with Gasteiger partial charge in [-0.2, -0.15) is 0 Å². The first kappa shape index (κ1) is 24.0. The van der Waals surface area contributed by atoms with Crippen molar-refractivity contribution in [3.8, 4) is 0 Å². The van der Waals surface area contributed by atoms with E-state index in [9.17, 15) is 19.5 Å². The van der Waals surface area contributed by atoms with Crippen LogP contribution in [0, 0.1) is 50.2 Å². The Labute approximate surface area is 204 Å². The van der Waals surface area contributed by atoms with Crippen LogP contribution in [0.25, 0.3) is 0 Å². The number of allylic oxidation sites excluding steroid dienone is 4. The monoisotopic (exact) mass is 466 g/mol. The molecule has 0 bridgehead atoms. The molecule has 0 aromatic heterocycles. The second kappa shape index (κ2) is 6.73. The first-order valence-corrected chi connectivity index (χ1v) is 13.3. The summed E-state index contributed by atoms with van der Waals surface area (Å²) in [7, 11) is 0. The number of carboxylic acids is 1. The molecule has 0 aromatic rings. The van der Waals surface area contributed by atoms with Crippen molar-refractivity contribution < 1.29 is 19.5 Å². The zero-order valence-corrected chi connectivity index (χ0v) is 22.1. The van der Waals surface area contributed by atoms with E-state index in [1.807, 2.05) is 6.08 Å². The van der Waals surface area contributed by atoms with E-state index in [0.29, 0.717) is 12.8 Å². The lowest BCUT2D eigenvalue weighted by Crippen LogP contribution is -2.65. The fraction of sp³-hybridized carbons (Fsp3) is 0.767. The average Bonchev–Trinajstić information content (AvgIpc) is 2.72. The topological polar surface area (TPSA) is 71.4 Å². The summed E-state index contributed by atoms with van der Waals surface area (Å²) >= 11 is 0. The van der Waals surface area contributed by atoms with Crippen molar-refractivity contribution in [2.45, 2.75) is 93.4 Å². The molecule has 0 aromatic carbocycles. The third-order valence-corrected chi connectivity index (χ3v) is 12.1. The van der Waals surface area contributed by atoms with Gasteiger partial charge in [0, 0.05) is 16.7 Å². The van der Waals surface area contributed by atoms with Crippen LogP contribution in [0.5, 0.6) is 0 Å². The summed E-state index contributed by atoms with van der Waals surface area (Å²) in [5.41, 5.74) is -0.797. The van der Waals surface area contributed by atoms with Crippen molar-refractivity contribution in [3.63, 3.8) is 0 Å². The Bertz CT molecular complexity index is 1050. The van der Waals surface area contributed by atoms with Gasteiger partial charge < -0.3 is 5.11 Å². The molecule has 5 aliphatic rings. The molecule has 0 spiro atoms. The van der Waals surface area contributed by atoms with Gasteiger partial charge in [-0.15, -0.1) is 0 Å². The van der Waals surface area contributed by atoms with Gasteiger partial charge in [0.05, 0.1) is 5.41 Å². The number of carbonyl (C=O) groups is 3. The molecule has 4 heteroatoms. The van der Waals surface area contributed by atoms with Crippen molar-refractivity contribution >= 4 is 17.5 Å². The largest absolute Gasteiger partial charge is 0.481 e. The molecule has 0 aliphatic heterocycles. The summed E-state index contributed by atoms with van der Waals surface area (Å²) in [5, 5.41) is 10.5. The molecule has 0 saturated heterocycles. The van der Waals surface area contributed by atoms with Gasteiger partial charge in [-0.1, -0.05) is 60.1 Å². The number of carboxylic acid groups (broad SMARTS) is 1. The molecule has 3 fully saturated rings. The second-order valence-electron chi connectivity index (χ2n) is 14.4. The first-order chi connectivity index (χ1) is 15.6. The predicted molar refractivity (Wildman–Crippen MR) is 132 cm³/mol. The molecule has 1 N–H and O–H groups in total. The van der Waals surface area contributed by atoms with Crippen LogP contribution in [0.1, 0.15) is 93.4 Å². The highest BCUT2D eigenvalue weighted by molar-refractivity contribution is 5.98. The Morgan fingerprint density at radius 3 is 2.24 bits per heavy atom. The summed E-state index contributed by atoms with van der Waals surface area (Å²) in [6.07, 6.45) is 11.5. The smallest absolute Gasteiger partial charge is 0.309 e. The van der Waals surface area contributed by atoms with E-state index in [1.165, 1.54) is 5.57 Å². The number of fused-ring (bicyclic) bond motifs is 7. The maximum absolute atomic E-state index is 14.1. The Morgan fingerprint density at radius 1 is 0.941 bits per heavy atom. The van der Waals surface area contributed by atoms with Crippen molar-refractivity contribution in [2.24, 2.45) is 50.2 Å². The van der Waals surface area contributed by atoms with E-state index < -0.39 is 16.8 Å². The van der Waals surface area contributed by atoms with E-state index in [0.717, 1.165) is 32.1 Å². The maximum atomic E-state index is 14.1. The average molecular weight is 467 g/mol. The quantitative estimate of drug-likeness (QED) is 0.485. The normalized spacial score (nSPS) is 48.7. The molecule has 186 valence electrons. The molecular formula is C30H42O4. The molecule has 5 rings (SSSR count). The fourth-order valence-electron chi connectivity index (χ4n) is 9.71. The first-order valence-electron chi connectivity index (χ1n) is 13.3. The van der Waals surface area contributed by atoms with Gasteiger partial charge >= 0.3 is 5.97 Å². The summed E-state index contributed by atoms with van der Waals surface area (Å²) in [6.45, 7) is 15.5. The maximum Gasteiger partial charge on any atom is 0.309 e. The molecule has 3 saturated carbocycles. The zero-order valence-electron chi connectivity index (χ0n) is 22.1. The van der Waals surface area contributed by atoms with Crippen LogP contribution in [-0.4, -0.2) is 22.6 Å². The van der Waals surface area contributed by atoms with Crippen molar-refractivity contribution in [2.75, 3.05) is 0 Å². The molecule has 34 heavy (non-hydrogen) atoms. The number of rotatable bonds is 1. The minimum absolute atomic E-state index is 0.0488. The lowest BCUT2D eigenvalue weighted by molar-refractivity contribution is -0.188. The summed E-state index contributed by atoms with van der Waals surface area (Å²) < 4.78 is 0. The summed E-state index contributed by atoms with van der Waals surface area (Å²) in [6, 6.07) is 0. The number of carbonyl (C=O) groups excluding carboxylic acids is 2.